The van der Waals surface area contributed by atoms with Gasteiger partial charge in [0.15, 0.2) is 0 Å². The highest BCUT2D eigenvalue weighted by atomic mass is 35.5. The molecule has 6 heteroatoms. The van der Waals surface area contributed by atoms with E-state index in [9.17, 15) is 4.79 Å². The lowest BCUT2D eigenvalue weighted by atomic mass is 10.1. The molecule has 1 aromatic heterocycles. The number of hydrogen-bond donors (Lipinski definition) is 1. The van der Waals surface area contributed by atoms with Gasteiger partial charge in [-0.1, -0.05) is 23.7 Å². The molecule has 24 heavy (non-hydrogen) atoms. The second-order valence-corrected chi connectivity index (χ2v) is 7.03. The molecule has 2 fully saturated rings. The molecule has 1 aromatic carbocycles. The number of hydrogen-bond acceptors (Lipinski definition) is 3. The maximum Gasteiger partial charge on any atom is 0.272 e. The summed E-state index contributed by atoms with van der Waals surface area (Å²) in [6, 6.07) is 9.67. The number of nitrogens with zero attached hydrogens (tertiary/aromatic N) is 2. The van der Waals surface area contributed by atoms with Crippen LogP contribution in [0.1, 0.15) is 29.8 Å². The Morgan fingerprint density at radius 1 is 1.33 bits per heavy atom. The van der Waals surface area contributed by atoms with Crippen LogP contribution >= 0.6 is 11.6 Å². The third-order valence-electron chi connectivity index (χ3n) is 4.66. The first-order valence-electron chi connectivity index (χ1n) is 8.41. The Labute approximate surface area is 145 Å². The van der Waals surface area contributed by atoms with E-state index in [1.165, 1.54) is 0 Å². The molecule has 2 aliphatic rings. The molecule has 1 N–H and O–H groups in total. The van der Waals surface area contributed by atoms with Crippen molar-refractivity contribution in [2.45, 2.75) is 25.3 Å². The van der Waals surface area contributed by atoms with E-state index in [-0.39, 0.29) is 5.91 Å². The van der Waals surface area contributed by atoms with Gasteiger partial charge in [-0.3, -0.25) is 9.89 Å². The number of aromatic nitrogens is 2. The molecule has 4 rings (SSSR count). The molecule has 5 nitrogen and oxygen atoms in total. The van der Waals surface area contributed by atoms with Crippen LogP contribution in [0, 0.1) is 5.92 Å². The van der Waals surface area contributed by atoms with Crippen LogP contribution in [-0.2, 0) is 4.74 Å². The van der Waals surface area contributed by atoms with E-state index >= 15 is 0 Å². The van der Waals surface area contributed by atoms with E-state index in [2.05, 4.69) is 10.2 Å². The van der Waals surface area contributed by atoms with Crippen molar-refractivity contribution in [1.29, 1.82) is 0 Å². The average molecular weight is 346 g/mol. The highest BCUT2D eigenvalue weighted by molar-refractivity contribution is 6.30. The van der Waals surface area contributed by atoms with Crippen LogP contribution in [0.5, 0.6) is 0 Å². The van der Waals surface area contributed by atoms with Crippen LogP contribution in [0.3, 0.4) is 0 Å². The molecule has 1 saturated carbocycles. The minimum absolute atomic E-state index is 0.0326. The normalized spacial score (nSPS) is 20.3. The Kier molecular flexibility index (Phi) is 4.29. The van der Waals surface area contributed by atoms with E-state index in [0.717, 1.165) is 50.3 Å². The monoisotopic (exact) mass is 345 g/mol. The number of ether oxygens (including phenoxy) is 1. The van der Waals surface area contributed by atoms with E-state index in [1.54, 1.807) is 0 Å². The van der Waals surface area contributed by atoms with Gasteiger partial charge in [0.05, 0.1) is 12.3 Å². The number of halogens is 1. The molecule has 1 aliphatic carbocycles. The summed E-state index contributed by atoms with van der Waals surface area (Å²) in [4.78, 5) is 14.9. The molecular weight excluding hydrogens is 326 g/mol. The van der Waals surface area contributed by atoms with Crippen molar-refractivity contribution in [2.75, 3.05) is 19.8 Å². The van der Waals surface area contributed by atoms with Gasteiger partial charge in [0.2, 0.25) is 0 Å². The maximum absolute atomic E-state index is 12.9. The van der Waals surface area contributed by atoms with Gasteiger partial charge >= 0.3 is 0 Å². The molecule has 0 radical (unpaired) electrons. The zero-order valence-electron chi connectivity index (χ0n) is 13.4. The number of nitrogens with one attached hydrogen (secondary N) is 1. The molecule has 1 atom stereocenters. The summed E-state index contributed by atoms with van der Waals surface area (Å²) in [5.74, 6) is 0.482. The van der Waals surface area contributed by atoms with Crippen molar-refractivity contribution in [3.05, 3.63) is 41.0 Å². The Hall–Kier alpha value is -1.85. The number of aromatic amines is 1. The van der Waals surface area contributed by atoms with Gasteiger partial charge in [0.1, 0.15) is 5.69 Å². The molecule has 0 spiro atoms. The fourth-order valence-electron chi connectivity index (χ4n) is 3.17. The van der Waals surface area contributed by atoms with Crippen LogP contribution < -0.4 is 0 Å². The van der Waals surface area contributed by atoms with Crippen molar-refractivity contribution in [1.82, 2.24) is 15.1 Å². The van der Waals surface area contributed by atoms with Gasteiger partial charge < -0.3 is 9.64 Å². The van der Waals surface area contributed by atoms with Crippen LogP contribution in [0.15, 0.2) is 30.3 Å². The second kappa shape index (κ2) is 6.57. The minimum Gasteiger partial charge on any atom is -0.381 e. The summed E-state index contributed by atoms with van der Waals surface area (Å²) < 4.78 is 5.45. The molecule has 2 aromatic rings. The fraction of sp³-hybridized carbons (Fsp3) is 0.444. The fourth-order valence-corrected chi connectivity index (χ4v) is 3.36. The molecular formula is C18H20ClN3O2. The zero-order valence-corrected chi connectivity index (χ0v) is 14.1. The number of rotatable bonds is 5. The average Bonchev–Trinajstić information content (AvgIpc) is 3.10. The van der Waals surface area contributed by atoms with Crippen LogP contribution in [0.2, 0.25) is 5.02 Å². The Morgan fingerprint density at radius 2 is 2.21 bits per heavy atom. The largest absolute Gasteiger partial charge is 0.381 e. The van der Waals surface area contributed by atoms with E-state index < -0.39 is 0 Å². The van der Waals surface area contributed by atoms with E-state index in [0.29, 0.717) is 22.7 Å². The van der Waals surface area contributed by atoms with Gasteiger partial charge in [-0.15, -0.1) is 0 Å². The molecule has 126 valence electrons. The molecule has 0 bridgehead atoms. The summed E-state index contributed by atoms with van der Waals surface area (Å²) in [5, 5.41) is 7.84. The Bertz CT molecular complexity index is 735. The third-order valence-corrected chi connectivity index (χ3v) is 4.89. The van der Waals surface area contributed by atoms with E-state index in [1.807, 2.05) is 35.2 Å². The van der Waals surface area contributed by atoms with Gasteiger partial charge in [-0.25, -0.2) is 0 Å². The van der Waals surface area contributed by atoms with Crippen LogP contribution in [-0.4, -0.2) is 46.8 Å². The molecule has 2 heterocycles. The summed E-state index contributed by atoms with van der Waals surface area (Å²) in [7, 11) is 0. The predicted octanol–water partition coefficient (Wildman–Crippen LogP) is 3.37. The highest BCUT2D eigenvalue weighted by Gasteiger charge is 2.35. The Morgan fingerprint density at radius 3 is 2.92 bits per heavy atom. The summed E-state index contributed by atoms with van der Waals surface area (Å²) in [5.41, 5.74) is 2.18. The lowest BCUT2D eigenvalue weighted by Crippen LogP contribution is -2.37. The van der Waals surface area contributed by atoms with Crippen LogP contribution in [0.4, 0.5) is 0 Å². The first kappa shape index (κ1) is 15.7. The van der Waals surface area contributed by atoms with Crippen molar-refractivity contribution in [3.8, 4) is 11.3 Å². The minimum atomic E-state index is 0.0326. The zero-order chi connectivity index (χ0) is 16.5. The van der Waals surface area contributed by atoms with Crippen molar-refractivity contribution in [2.24, 2.45) is 5.92 Å². The molecule has 1 saturated heterocycles. The van der Waals surface area contributed by atoms with Crippen molar-refractivity contribution < 1.29 is 9.53 Å². The van der Waals surface area contributed by atoms with Gasteiger partial charge in [0, 0.05) is 35.7 Å². The number of H-pyrrole nitrogens is 1. The van der Waals surface area contributed by atoms with Gasteiger partial charge in [-0.2, -0.15) is 5.10 Å². The number of benzene rings is 1. The highest BCUT2D eigenvalue weighted by Crippen LogP contribution is 2.31. The van der Waals surface area contributed by atoms with Gasteiger partial charge in [-0.05, 0) is 37.5 Å². The predicted molar refractivity (Wildman–Crippen MR) is 92.0 cm³/mol. The van der Waals surface area contributed by atoms with Crippen LogP contribution in [0.25, 0.3) is 11.3 Å². The smallest absolute Gasteiger partial charge is 0.272 e. The summed E-state index contributed by atoms with van der Waals surface area (Å²) >= 11 is 6.03. The number of amides is 1. The number of carbonyl (C=O) groups excluding carboxylic acids is 1. The molecule has 1 amide bonds. The number of carbonyl (C=O) groups is 1. The SMILES string of the molecule is O=C(c1cc(-c2cccc(Cl)c2)n[nH]1)N(CC1CCOC1)C1CC1. The summed E-state index contributed by atoms with van der Waals surface area (Å²) in [6.45, 7) is 2.34. The van der Waals surface area contributed by atoms with Crippen molar-refractivity contribution >= 4 is 17.5 Å². The molecule has 1 unspecified atom stereocenters. The first-order chi connectivity index (χ1) is 11.7. The lowest BCUT2D eigenvalue weighted by molar-refractivity contribution is 0.0700. The van der Waals surface area contributed by atoms with Crippen molar-refractivity contribution in [3.63, 3.8) is 0 Å². The quantitative estimate of drug-likeness (QED) is 0.903. The first-order valence-corrected chi connectivity index (χ1v) is 8.78. The standard InChI is InChI=1S/C18H20ClN3O2/c19-14-3-1-2-13(8-14)16-9-17(21-20-16)18(23)22(15-4-5-15)10-12-6-7-24-11-12/h1-3,8-9,12,15H,4-7,10-11H2,(H,20,21). The topological polar surface area (TPSA) is 58.2 Å². The van der Waals surface area contributed by atoms with Gasteiger partial charge in [0.25, 0.3) is 5.91 Å². The van der Waals surface area contributed by atoms with E-state index in [4.69, 9.17) is 16.3 Å². The lowest BCUT2D eigenvalue weighted by Gasteiger charge is -2.24. The second-order valence-electron chi connectivity index (χ2n) is 6.60. The third kappa shape index (κ3) is 3.32. The maximum atomic E-state index is 12.9. The summed E-state index contributed by atoms with van der Waals surface area (Å²) in [6.07, 6.45) is 3.22. The Balaban J connectivity index is 1.52. The molecule has 1 aliphatic heterocycles.